The van der Waals surface area contributed by atoms with E-state index in [1.54, 1.807) is 18.2 Å². The number of H-pyrrole nitrogens is 2. The van der Waals surface area contributed by atoms with Gasteiger partial charge in [0.2, 0.25) is 10.0 Å². The number of nitrogens with zero attached hydrogens (tertiary/aromatic N) is 2. The predicted molar refractivity (Wildman–Crippen MR) is 101 cm³/mol. The van der Waals surface area contributed by atoms with Crippen molar-refractivity contribution in [3.05, 3.63) is 58.5 Å². The Balaban J connectivity index is 1.52. The Morgan fingerprint density at radius 3 is 2.38 bits per heavy atom. The van der Waals surface area contributed by atoms with E-state index < -0.39 is 10.0 Å². The summed E-state index contributed by atoms with van der Waals surface area (Å²) in [7, 11) is -3.47. The molecule has 1 aliphatic heterocycles. The summed E-state index contributed by atoms with van der Waals surface area (Å²) < 4.78 is 27.2. The SMILES string of the molecule is Cc1cccc(S(=O)(=O)N2CCN(c3ccc4[nH]c(=O)[nH]c4c3)CC2)c1. The number of piperazine rings is 1. The molecule has 4 rings (SSSR count). The lowest BCUT2D eigenvalue weighted by atomic mass is 10.2. The van der Waals surface area contributed by atoms with Gasteiger partial charge < -0.3 is 14.9 Å². The molecule has 2 aromatic carbocycles. The van der Waals surface area contributed by atoms with Crippen LogP contribution in [0.2, 0.25) is 0 Å². The standard InChI is InChI=1S/C18H20N4O3S/c1-13-3-2-4-15(11-13)26(24,25)22-9-7-21(8-10-22)14-5-6-16-17(12-14)20-18(23)19-16/h2-6,11-12H,7-10H2,1H3,(H2,19,20,23). The van der Waals surface area contributed by atoms with E-state index in [1.807, 2.05) is 31.2 Å². The van der Waals surface area contributed by atoms with Crippen molar-refractivity contribution in [2.45, 2.75) is 11.8 Å². The number of aromatic amines is 2. The Morgan fingerprint density at radius 2 is 1.65 bits per heavy atom. The Labute approximate surface area is 151 Å². The van der Waals surface area contributed by atoms with E-state index in [4.69, 9.17) is 0 Å². The van der Waals surface area contributed by atoms with Crippen molar-refractivity contribution in [3.63, 3.8) is 0 Å². The molecule has 0 atom stereocenters. The van der Waals surface area contributed by atoms with Gasteiger partial charge in [0.15, 0.2) is 0 Å². The third-order valence-corrected chi connectivity index (χ3v) is 6.63. The quantitative estimate of drug-likeness (QED) is 0.732. The zero-order chi connectivity index (χ0) is 18.3. The summed E-state index contributed by atoms with van der Waals surface area (Å²) in [5, 5.41) is 0. The average Bonchev–Trinajstić information content (AvgIpc) is 3.01. The van der Waals surface area contributed by atoms with Gasteiger partial charge in [0.05, 0.1) is 15.9 Å². The van der Waals surface area contributed by atoms with E-state index in [0.717, 1.165) is 22.3 Å². The molecular formula is C18H20N4O3S. The van der Waals surface area contributed by atoms with E-state index >= 15 is 0 Å². The highest BCUT2D eigenvalue weighted by molar-refractivity contribution is 7.89. The van der Waals surface area contributed by atoms with Crippen LogP contribution < -0.4 is 10.6 Å². The molecule has 0 amide bonds. The van der Waals surface area contributed by atoms with Crippen molar-refractivity contribution >= 4 is 26.7 Å². The van der Waals surface area contributed by atoms with Gasteiger partial charge in [-0.15, -0.1) is 0 Å². The highest BCUT2D eigenvalue weighted by Gasteiger charge is 2.28. The number of aryl methyl sites for hydroxylation is 1. The molecule has 136 valence electrons. The van der Waals surface area contributed by atoms with Crippen LogP contribution in [0.25, 0.3) is 11.0 Å². The van der Waals surface area contributed by atoms with Crippen LogP contribution in [0, 0.1) is 6.92 Å². The molecule has 1 saturated heterocycles. The number of nitrogens with one attached hydrogen (secondary N) is 2. The highest BCUT2D eigenvalue weighted by Crippen LogP contribution is 2.23. The molecule has 2 heterocycles. The number of anilines is 1. The number of aromatic nitrogens is 2. The lowest BCUT2D eigenvalue weighted by Gasteiger charge is -2.35. The Kier molecular flexibility index (Phi) is 4.08. The maximum Gasteiger partial charge on any atom is 0.323 e. The van der Waals surface area contributed by atoms with Crippen molar-refractivity contribution in [3.8, 4) is 0 Å². The first-order valence-corrected chi connectivity index (χ1v) is 9.91. The third-order valence-electron chi connectivity index (χ3n) is 4.73. The summed E-state index contributed by atoms with van der Waals surface area (Å²) >= 11 is 0. The van der Waals surface area contributed by atoms with Crippen LogP contribution in [0.4, 0.5) is 5.69 Å². The molecule has 0 unspecified atom stereocenters. The molecule has 1 fully saturated rings. The topological polar surface area (TPSA) is 89.3 Å². The van der Waals surface area contributed by atoms with Gasteiger partial charge in [0.25, 0.3) is 0 Å². The summed E-state index contributed by atoms with van der Waals surface area (Å²) in [5.41, 5.74) is 3.19. The monoisotopic (exact) mass is 372 g/mol. The Hall–Kier alpha value is -2.58. The zero-order valence-electron chi connectivity index (χ0n) is 14.4. The minimum atomic E-state index is -3.47. The first-order chi connectivity index (χ1) is 12.4. The van der Waals surface area contributed by atoms with Crippen LogP contribution in [0.15, 0.2) is 52.2 Å². The van der Waals surface area contributed by atoms with Gasteiger partial charge in [-0.1, -0.05) is 12.1 Å². The number of hydrogen-bond acceptors (Lipinski definition) is 4. The minimum Gasteiger partial charge on any atom is -0.369 e. The molecule has 7 nitrogen and oxygen atoms in total. The van der Waals surface area contributed by atoms with Crippen LogP contribution in [0.3, 0.4) is 0 Å². The van der Waals surface area contributed by atoms with Gasteiger partial charge in [-0.2, -0.15) is 4.31 Å². The van der Waals surface area contributed by atoms with Gasteiger partial charge in [-0.05, 0) is 42.8 Å². The van der Waals surface area contributed by atoms with E-state index in [1.165, 1.54) is 4.31 Å². The molecule has 1 aromatic heterocycles. The van der Waals surface area contributed by atoms with Crippen LogP contribution in [-0.2, 0) is 10.0 Å². The fourth-order valence-electron chi connectivity index (χ4n) is 3.33. The number of imidazole rings is 1. The molecule has 1 aliphatic rings. The summed E-state index contributed by atoms with van der Waals surface area (Å²) in [6.07, 6.45) is 0. The number of rotatable bonds is 3. The van der Waals surface area contributed by atoms with Crippen molar-refractivity contribution < 1.29 is 8.42 Å². The predicted octanol–water partition coefficient (Wildman–Crippen LogP) is 1.68. The summed E-state index contributed by atoms with van der Waals surface area (Å²) in [4.78, 5) is 19.3. The van der Waals surface area contributed by atoms with Gasteiger partial charge in [-0.3, -0.25) is 0 Å². The number of sulfonamides is 1. The average molecular weight is 372 g/mol. The summed E-state index contributed by atoms with van der Waals surface area (Å²) in [6, 6.07) is 12.7. The van der Waals surface area contributed by atoms with Crippen molar-refractivity contribution in [2.24, 2.45) is 0 Å². The fraction of sp³-hybridized carbons (Fsp3) is 0.278. The van der Waals surface area contributed by atoms with Crippen LogP contribution in [0.5, 0.6) is 0 Å². The van der Waals surface area contributed by atoms with E-state index in [2.05, 4.69) is 14.9 Å². The van der Waals surface area contributed by atoms with Crippen molar-refractivity contribution in [1.82, 2.24) is 14.3 Å². The lowest BCUT2D eigenvalue weighted by molar-refractivity contribution is 0.385. The number of hydrogen-bond donors (Lipinski definition) is 2. The highest BCUT2D eigenvalue weighted by atomic mass is 32.2. The second-order valence-corrected chi connectivity index (χ2v) is 8.45. The minimum absolute atomic E-state index is 0.230. The first kappa shape index (κ1) is 16.9. The Morgan fingerprint density at radius 1 is 0.923 bits per heavy atom. The van der Waals surface area contributed by atoms with Crippen molar-refractivity contribution in [1.29, 1.82) is 0 Å². The second kappa shape index (κ2) is 6.30. The van der Waals surface area contributed by atoms with Gasteiger partial charge in [-0.25, -0.2) is 13.2 Å². The van der Waals surface area contributed by atoms with Gasteiger partial charge in [0, 0.05) is 31.9 Å². The van der Waals surface area contributed by atoms with Crippen LogP contribution in [-0.4, -0.2) is 48.9 Å². The summed E-state index contributed by atoms with van der Waals surface area (Å²) in [5.74, 6) is 0. The number of fused-ring (bicyclic) bond motifs is 1. The smallest absolute Gasteiger partial charge is 0.323 e. The van der Waals surface area contributed by atoms with Gasteiger partial charge >= 0.3 is 5.69 Å². The normalized spacial score (nSPS) is 16.3. The van der Waals surface area contributed by atoms with E-state index in [9.17, 15) is 13.2 Å². The second-order valence-electron chi connectivity index (χ2n) is 6.52. The van der Waals surface area contributed by atoms with E-state index in [-0.39, 0.29) is 5.69 Å². The first-order valence-electron chi connectivity index (χ1n) is 8.47. The Bertz CT molecular complexity index is 1110. The maximum atomic E-state index is 12.8. The van der Waals surface area contributed by atoms with E-state index in [0.29, 0.717) is 31.1 Å². The number of benzene rings is 2. The third kappa shape index (κ3) is 3.02. The molecule has 3 aromatic rings. The molecule has 0 saturated carbocycles. The van der Waals surface area contributed by atoms with Crippen molar-refractivity contribution in [2.75, 3.05) is 31.1 Å². The van der Waals surface area contributed by atoms with Crippen LogP contribution in [0.1, 0.15) is 5.56 Å². The molecule has 2 N–H and O–H groups in total. The summed E-state index contributed by atoms with van der Waals surface area (Å²) in [6.45, 7) is 3.95. The molecule has 0 bridgehead atoms. The maximum absolute atomic E-state index is 12.8. The molecule has 8 heteroatoms. The molecule has 0 aliphatic carbocycles. The molecular weight excluding hydrogens is 352 g/mol. The molecule has 26 heavy (non-hydrogen) atoms. The zero-order valence-corrected chi connectivity index (χ0v) is 15.2. The lowest BCUT2D eigenvalue weighted by Crippen LogP contribution is -2.48. The van der Waals surface area contributed by atoms with Crippen LogP contribution >= 0.6 is 0 Å². The van der Waals surface area contributed by atoms with Gasteiger partial charge in [0.1, 0.15) is 0 Å². The molecule has 0 radical (unpaired) electrons. The fourth-order valence-corrected chi connectivity index (χ4v) is 4.86. The largest absolute Gasteiger partial charge is 0.369 e. The molecule has 0 spiro atoms.